The van der Waals surface area contributed by atoms with E-state index in [4.69, 9.17) is 4.74 Å². The summed E-state index contributed by atoms with van der Waals surface area (Å²) in [5.41, 5.74) is 3.75. The smallest absolute Gasteiger partial charge is 0.329 e. The molecule has 6 nitrogen and oxygen atoms in total. The lowest BCUT2D eigenvalue weighted by atomic mass is 10.3. The SMILES string of the molecule is COc1ccc(NC(=O)C(=O)NN=Cc2sccc2C)cc1. The Kier molecular flexibility index (Phi) is 5.26. The average Bonchev–Trinajstić information content (AvgIpc) is 2.93. The second-order valence-corrected chi connectivity index (χ2v) is 5.30. The van der Waals surface area contributed by atoms with Crippen molar-refractivity contribution in [1.82, 2.24) is 5.43 Å². The Morgan fingerprint density at radius 2 is 1.91 bits per heavy atom. The van der Waals surface area contributed by atoms with Crippen LogP contribution in [0.5, 0.6) is 5.75 Å². The molecule has 2 N–H and O–H groups in total. The number of methoxy groups -OCH3 is 1. The van der Waals surface area contributed by atoms with E-state index in [0.29, 0.717) is 11.4 Å². The van der Waals surface area contributed by atoms with Crippen molar-refractivity contribution in [2.24, 2.45) is 5.10 Å². The van der Waals surface area contributed by atoms with Crippen molar-refractivity contribution in [2.75, 3.05) is 12.4 Å². The van der Waals surface area contributed by atoms with E-state index < -0.39 is 11.8 Å². The van der Waals surface area contributed by atoms with Crippen molar-refractivity contribution in [1.29, 1.82) is 0 Å². The highest BCUT2D eigenvalue weighted by atomic mass is 32.1. The Morgan fingerprint density at radius 1 is 1.18 bits per heavy atom. The molecule has 1 heterocycles. The van der Waals surface area contributed by atoms with Gasteiger partial charge in [-0.25, -0.2) is 5.43 Å². The predicted molar refractivity (Wildman–Crippen MR) is 86.4 cm³/mol. The largest absolute Gasteiger partial charge is 0.497 e. The molecule has 114 valence electrons. The van der Waals surface area contributed by atoms with Crippen LogP contribution in [-0.4, -0.2) is 25.1 Å². The summed E-state index contributed by atoms with van der Waals surface area (Å²) >= 11 is 1.50. The third-order valence-corrected chi connectivity index (χ3v) is 3.76. The maximum atomic E-state index is 11.7. The van der Waals surface area contributed by atoms with E-state index in [1.54, 1.807) is 31.4 Å². The number of rotatable bonds is 4. The molecule has 0 unspecified atom stereocenters. The van der Waals surface area contributed by atoms with E-state index in [0.717, 1.165) is 10.4 Å². The zero-order valence-corrected chi connectivity index (χ0v) is 12.9. The van der Waals surface area contributed by atoms with Crippen LogP contribution in [0.1, 0.15) is 10.4 Å². The molecule has 2 aromatic rings. The van der Waals surface area contributed by atoms with Crippen LogP contribution in [0.3, 0.4) is 0 Å². The minimum atomic E-state index is -0.832. The number of hydrogen-bond donors (Lipinski definition) is 2. The minimum Gasteiger partial charge on any atom is -0.497 e. The molecule has 0 bridgehead atoms. The summed E-state index contributed by atoms with van der Waals surface area (Å²) in [5.74, 6) is -0.954. The third kappa shape index (κ3) is 4.16. The van der Waals surface area contributed by atoms with Gasteiger partial charge in [0.2, 0.25) is 0 Å². The standard InChI is InChI=1S/C15H15N3O3S/c1-10-7-8-22-13(10)9-16-18-15(20)14(19)17-11-3-5-12(21-2)6-4-11/h3-9H,1-2H3,(H,17,19)(H,18,20). The van der Waals surface area contributed by atoms with Gasteiger partial charge in [0.15, 0.2) is 0 Å². The molecule has 2 rings (SSSR count). The Bertz CT molecular complexity index is 692. The van der Waals surface area contributed by atoms with Gasteiger partial charge in [0.1, 0.15) is 5.75 Å². The number of carbonyl (C=O) groups excluding carboxylic acids is 2. The molecule has 0 radical (unpaired) electrons. The third-order valence-electron chi connectivity index (χ3n) is 2.80. The number of carbonyl (C=O) groups is 2. The molecule has 0 saturated carbocycles. The van der Waals surface area contributed by atoms with Crippen LogP contribution in [-0.2, 0) is 9.59 Å². The predicted octanol–water partition coefficient (Wildman–Crippen LogP) is 2.15. The van der Waals surface area contributed by atoms with E-state index >= 15 is 0 Å². The van der Waals surface area contributed by atoms with Crippen molar-refractivity contribution in [3.63, 3.8) is 0 Å². The molecule has 1 aromatic heterocycles. The molecule has 0 atom stereocenters. The number of hydrazone groups is 1. The second-order valence-electron chi connectivity index (χ2n) is 4.35. The molecule has 0 spiro atoms. The summed E-state index contributed by atoms with van der Waals surface area (Å²) in [4.78, 5) is 24.3. The Balaban J connectivity index is 1.87. The van der Waals surface area contributed by atoms with Crippen LogP contribution in [0.15, 0.2) is 40.8 Å². The molecule has 7 heteroatoms. The van der Waals surface area contributed by atoms with E-state index in [1.165, 1.54) is 17.6 Å². The van der Waals surface area contributed by atoms with Gasteiger partial charge in [-0.05, 0) is 48.2 Å². The number of nitrogens with zero attached hydrogens (tertiary/aromatic N) is 1. The topological polar surface area (TPSA) is 79.8 Å². The number of anilines is 1. The van der Waals surface area contributed by atoms with Crippen LogP contribution in [0, 0.1) is 6.92 Å². The first-order valence-electron chi connectivity index (χ1n) is 6.42. The minimum absolute atomic E-state index is 0.499. The lowest BCUT2D eigenvalue weighted by Gasteiger charge is -2.05. The molecule has 0 aliphatic carbocycles. The maximum Gasteiger partial charge on any atom is 0.329 e. The van der Waals surface area contributed by atoms with Crippen LogP contribution >= 0.6 is 11.3 Å². The highest BCUT2D eigenvalue weighted by Gasteiger charge is 2.12. The number of aryl methyl sites for hydroxylation is 1. The highest BCUT2D eigenvalue weighted by molar-refractivity contribution is 7.11. The van der Waals surface area contributed by atoms with Gasteiger partial charge in [0.25, 0.3) is 0 Å². The normalized spacial score (nSPS) is 10.5. The Morgan fingerprint density at radius 3 is 2.50 bits per heavy atom. The lowest BCUT2D eigenvalue weighted by Crippen LogP contribution is -2.32. The van der Waals surface area contributed by atoms with Gasteiger partial charge in [-0.15, -0.1) is 11.3 Å². The molecule has 0 saturated heterocycles. The van der Waals surface area contributed by atoms with E-state index in [9.17, 15) is 9.59 Å². The van der Waals surface area contributed by atoms with Gasteiger partial charge in [-0.2, -0.15) is 5.10 Å². The van der Waals surface area contributed by atoms with Gasteiger partial charge in [-0.3, -0.25) is 9.59 Å². The number of amides is 2. The first-order chi connectivity index (χ1) is 10.6. The Labute approximate surface area is 131 Å². The number of thiophene rings is 1. The maximum absolute atomic E-state index is 11.7. The van der Waals surface area contributed by atoms with Crippen LogP contribution in [0.4, 0.5) is 5.69 Å². The molecule has 1 aromatic carbocycles. The first kappa shape index (κ1) is 15.7. The molecule has 2 amide bonds. The first-order valence-corrected chi connectivity index (χ1v) is 7.30. The van der Waals surface area contributed by atoms with Crippen LogP contribution in [0.25, 0.3) is 0 Å². The van der Waals surface area contributed by atoms with Gasteiger partial charge in [0, 0.05) is 10.6 Å². The summed E-state index contributed by atoms with van der Waals surface area (Å²) in [6.07, 6.45) is 1.51. The summed E-state index contributed by atoms with van der Waals surface area (Å²) in [5, 5.41) is 8.17. The molecular formula is C15H15N3O3S. The monoisotopic (exact) mass is 317 g/mol. The van der Waals surface area contributed by atoms with E-state index in [-0.39, 0.29) is 0 Å². The van der Waals surface area contributed by atoms with Crippen molar-refractivity contribution in [3.05, 3.63) is 46.2 Å². The van der Waals surface area contributed by atoms with Gasteiger partial charge in [-0.1, -0.05) is 0 Å². The fraction of sp³-hybridized carbons (Fsp3) is 0.133. The van der Waals surface area contributed by atoms with Crippen molar-refractivity contribution >= 4 is 35.1 Å². The number of benzene rings is 1. The molecule has 0 aliphatic heterocycles. The van der Waals surface area contributed by atoms with Gasteiger partial charge >= 0.3 is 11.8 Å². The molecule has 22 heavy (non-hydrogen) atoms. The molecule has 0 aliphatic rings. The van der Waals surface area contributed by atoms with Crippen molar-refractivity contribution in [3.8, 4) is 5.75 Å². The number of hydrogen-bond acceptors (Lipinski definition) is 5. The molecular weight excluding hydrogens is 302 g/mol. The fourth-order valence-corrected chi connectivity index (χ4v) is 2.37. The van der Waals surface area contributed by atoms with Gasteiger partial charge in [0.05, 0.1) is 13.3 Å². The van der Waals surface area contributed by atoms with Crippen LogP contribution in [0.2, 0.25) is 0 Å². The Hall–Kier alpha value is -2.67. The molecule has 0 fully saturated rings. The second kappa shape index (κ2) is 7.37. The van der Waals surface area contributed by atoms with Crippen LogP contribution < -0.4 is 15.5 Å². The van der Waals surface area contributed by atoms with Crippen molar-refractivity contribution in [2.45, 2.75) is 6.92 Å². The lowest BCUT2D eigenvalue weighted by molar-refractivity contribution is -0.136. The summed E-state index contributed by atoms with van der Waals surface area (Å²) in [6.45, 7) is 1.94. The van der Waals surface area contributed by atoms with Gasteiger partial charge < -0.3 is 10.1 Å². The summed E-state index contributed by atoms with van der Waals surface area (Å²) < 4.78 is 5.01. The zero-order valence-electron chi connectivity index (χ0n) is 12.1. The van der Waals surface area contributed by atoms with E-state index in [2.05, 4.69) is 15.8 Å². The highest BCUT2D eigenvalue weighted by Crippen LogP contribution is 2.15. The summed E-state index contributed by atoms with van der Waals surface area (Å²) in [7, 11) is 1.55. The number of nitrogens with one attached hydrogen (secondary N) is 2. The fourth-order valence-electron chi connectivity index (χ4n) is 1.58. The summed E-state index contributed by atoms with van der Waals surface area (Å²) in [6, 6.07) is 8.60. The van der Waals surface area contributed by atoms with E-state index in [1.807, 2.05) is 18.4 Å². The zero-order chi connectivity index (χ0) is 15.9. The number of ether oxygens (including phenoxy) is 1. The quantitative estimate of drug-likeness (QED) is 0.515. The average molecular weight is 317 g/mol. The van der Waals surface area contributed by atoms with Crippen molar-refractivity contribution < 1.29 is 14.3 Å².